The Hall–Kier alpha value is -3.63. The smallest absolute Gasteiger partial charge is 0.266 e. The minimum Gasteiger partial charge on any atom is -0.321 e. The summed E-state index contributed by atoms with van der Waals surface area (Å²) in [6.45, 7) is 3.19. The first-order valence-corrected chi connectivity index (χ1v) is 11.1. The normalized spacial score (nSPS) is 10.7. The average molecular weight is 469 g/mol. The molecule has 0 atom stereocenters. The summed E-state index contributed by atoms with van der Waals surface area (Å²) < 4.78 is 14.2. The molecule has 0 bridgehead atoms. The molecule has 162 valence electrons. The van der Waals surface area contributed by atoms with Crippen molar-refractivity contribution in [1.82, 2.24) is 4.98 Å². The monoisotopic (exact) mass is 468 g/mol. The lowest BCUT2D eigenvalue weighted by Gasteiger charge is -2.04. The van der Waals surface area contributed by atoms with Gasteiger partial charge in [0.05, 0.1) is 20.1 Å². The van der Waals surface area contributed by atoms with Crippen LogP contribution in [0.3, 0.4) is 0 Å². The van der Waals surface area contributed by atoms with Crippen LogP contribution in [0.25, 0.3) is 10.2 Å². The maximum Gasteiger partial charge on any atom is 0.266 e. The van der Waals surface area contributed by atoms with Crippen molar-refractivity contribution in [3.8, 4) is 0 Å². The molecule has 4 rings (SSSR count). The molecular formula is C22H17FN4O3S2. The lowest BCUT2D eigenvalue weighted by Crippen LogP contribution is -2.11. The minimum atomic E-state index is -0.498. The van der Waals surface area contributed by atoms with E-state index in [1.807, 2.05) is 0 Å². The Balaban J connectivity index is 1.48. The Morgan fingerprint density at radius 2 is 1.75 bits per heavy atom. The van der Waals surface area contributed by atoms with E-state index in [1.165, 1.54) is 36.5 Å². The first-order valence-electron chi connectivity index (χ1n) is 9.45. The highest BCUT2D eigenvalue weighted by Gasteiger charge is 2.17. The van der Waals surface area contributed by atoms with Crippen LogP contribution < -0.4 is 16.0 Å². The molecule has 0 spiro atoms. The molecule has 0 radical (unpaired) electrons. The predicted molar refractivity (Wildman–Crippen MR) is 125 cm³/mol. The molecule has 2 aromatic carbocycles. The van der Waals surface area contributed by atoms with E-state index < -0.39 is 11.7 Å². The van der Waals surface area contributed by atoms with Crippen LogP contribution >= 0.6 is 22.7 Å². The maximum absolute atomic E-state index is 13.3. The average Bonchev–Trinajstić information content (AvgIpc) is 3.29. The van der Waals surface area contributed by atoms with E-state index in [-0.39, 0.29) is 17.4 Å². The van der Waals surface area contributed by atoms with Gasteiger partial charge < -0.3 is 16.0 Å². The molecule has 4 aromatic rings. The van der Waals surface area contributed by atoms with Gasteiger partial charge in [-0.15, -0.1) is 11.3 Å². The fraction of sp³-hybridized carbons (Fsp3) is 0.0909. The lowest BCUT2D eigenvalue weighted by molar-refractivity contribution is -0.114. The number of aromatic nitrogens is 1. The molecule has 0 fully saturated rings. The zero-order valence-electron chi connectivity index (χ0n) is 17.0. The third-order valence-electron chi connectivity index (χ3n) is 4.38. The molecule has 10 heteroatoms. The first-order chi connectivity index (χ1) is 15.3. The van der Waals surface area contributed by atoms with Crippen LogP contribution in [-0.2, 0) is 4.79 Å². The number of rotatable bonds is 5. The van der Waals surface area contributed by atoms with Crippen LogP contribution in [-0.4, -0.2) is 22.7 Å². The lowest BCUT2D eigenvalue weighted by atomic mass is 10.2. The summed E-state index contributed by atoms with van der Waals surface area (Å²) in [6.07, 6.45) is 0. The van der Waals surface area contributed by atoms with Gasteiger partial charge in [0, 0.05) is 18.2 Å². The second-order valence-corrected chi connectivity index (χ2v) is 9.01. The van der Waals surface area contributed by atoms with E-state index >= 15 is 0 Å². The molecule has 0 aliphatic rings. The van der Waals surface area contributed by atoms with Gasteiger partial charge in [-0.2, -0.15) is 0 Å². The van der Waals surface area contributed by atoms with Gasteiger partial charge >= 0.3 is 0 Å². The van der Waals surface area contributed by atoms with Crippen LogP contribution in [0, 0.1) is 12.7 Å². The number of hydrogen-bond donors (Lipinski definition) is 3. The van der Waals surface area contributed by atoms with Crippen LogP contribution in [0.5, 0.6) is 0 Å². The molecule has 0 saturated carbocycles. The second kappa shape index (κ2) is 8.85. The third-order valence-corrected chi connectivity index (χ3v) is 6.46. The summed E-state index contributed by atoms with van der Waals surface area (Å²) in [5.41, 5.74) is 2.19. The summed E-state index contributed by atoms with van der Waals surface area (Å²) in [6, 6.07) is 12.4. The molecule has 3 N–H and O–H groups in total. The minimum absolute atomic E-state index is 0.193. The van der Waals surface area contributed by atoms with Gasteiger partial charge in [0.1, 0.15) is 5.82 Å². The van der Waals surface area contributed by atoms with Gasteiger partial charge in [-0.3, -0.25) is 14.4 Å². The molecule has 0 saturated heterocycles. The maximum atomic E-state index is 13.3. The molecule has 2 aromatic heterocycles. The highest BCUT2D eigenvalue weighted by Crippen LogP contribution is 2.30. The van der Waals surface area contributed by atoms with Gasteiger partial charge in [-0.25, -0.2) is 9.37 Å². The molecule has 0 aliphatic heterocycles. The van der Waals surface area contributed by atoms with E-state index in [4.69, 9.17) is 0 Å². The number of carbonyl (C=O) groups is 3. The number of thiophene rings is 1. The van der Waals surface area contributed by atoms with Gasteiger partial charge in [-0.1, -0.05) is 17.4 Å². The fourth-order valence-electron chi connectivity index (χ4n) is 2.98. The van der Waals surface area contributed by atoms with E-state index in [0.717, 1.165) is 22.1 Å². The van der Waals surface area contributed by atoms with Gasteiger partial charge in [0.25, 0.3) is 11.8 Å². The predicted octanol–water partition coefficient (Wildman–Crippen LogP) is 5.27. The van der Waals surface area contributed by atoms with Crippen molar-refractivity contribution in [3.63, 3.8) is 0 Å². The molecule has 2 heterocycles. The number of benzene rings is 2. The number of nitrogens with zero attached hydrogens (tertiary/aromatic N) is 1. The van der Waals surface area contributed by atoms with Crippen molar-refractivity contribution in [2.75, 3.05) is 16.0 Å². The largest absolute Gasteiger partial charge is 0.321 e. The van der Waals surface area contributed by atoms with Gasteiger partial charge in [-0.05, 0) is 55.0 Å². The Morgan fingerprint density at radius 1 is 0.938 bits per heavy atom. The van der Waals surface area contributed by atoms with Crippen molar-refractivity contribution in [3.05, 3.63) is 70.4 Å². The van der Waals surface area contributed by atoms with Crippen molar-refractivity contribution in [2.45, 2.75) is 13.8 Å². The number of anilines is 3. The third kappa shape index (κ3) is 4.82. The topological polar surface area (TPSA) is 100 Å². The SMILES string of the molecule is CC(=O)Nc1nc2ccc(NC(=O)c3sc(NC(=O)c4cccc(F)c4)cc3C)cc2s1. The summed E-state index contributed by atoms with van der Waals surface area (Å²) in [4.78, 5) is 41.1. The van der Waals surface area contributed by atoms with Crippen molar-refractivity contribution in [1.29, 1.82) is 0 Å². The molecule has 0 unspecified atom stereocenters. The van der Waals surface area contributed by atoms with E-state index in [1.54, 1.807) is 31.2 Å². The van der Waals surface area contributed by atoms with E-state index in [2.05, 4.69) is 20.9 Å². The number of nitrogens with one attached hydrogen (secondary N) is 3. The van der Waals surface area contributed by atoms with Crippen LogP contribution in [0.2, 0.25) is 0 Å². The zero-order chi connectivity index (χ0) is 22.8. The number of amides is 3. The number of hydrogen-bond acceptors (Lipinski definition) is 6. The van der Waals surface area contributed by atoms with Gasteiger partial charge in [0.2, 0.25) is 5.91 Å². The highest BCUT2D eigenvalue weighted by atomic mass is 32.1. The van der Waals surface area contributed by atoms with E-state index in [0.29, 0.717) is 31.8 Å². The van der Waals surface area contributed by atoms with Crippen LogP contribution in [0.4, 0.5) is 20.2 Å². The number of aryl methyl sites for hydroxylation is 1. The number of thiazole rings is 1. The second-order valence-electron chi connectivity index (χ2n) is 6.92. The molecule has 0 aliphatic carbocycles. The van der Waals surface area contributed by atoms with Gasteiger partial charge in [0.15, 0.2) is 5.13 Å². The Morgan fingerprint density at radius 3 is 2.50 bits per heavy atom. The molecule has 7 nitrogen and oxygen atoms in total. The number of carbonyl (C=O) groups excluding carboxylic acids is 3. The molecule has 32 heavy (non-hydrogen) atoms. The summed E-state index contributed by atoms with van der Waals surface area (Å²) in [5.74, 6) is -1.47. The Labute approximate surface area is 190 Å². The summed E-state index contributed by atoms with van der Waals surface area (Å²) >= 11 is 2.44. The fourth-order valence-corrected chi connectivity index (χ4v) is 4.89. The van der Waals surface area contributed by atoms with Crippen molar-refractivity contribution < 1.29 is 18.8 Å². The first kappa shape index (κ1) is 21.6. The number of halogens is 1. The highest BCUT2D eigenvalue weighted by molar-refractivity contribution is 7.22. The zero-order valence-corrected chi connectivity index (χ0v) is 18.6. The van der Waals surface area contributed by atoms with E-state index in [9.17, 15) is 18.8 Å². The van der Waals surface area contributed by atoms with Crippen LogP contribution in [0.1, 0.15) is 32.5 Å². The Bertz CT molecular complexity index is 1360. The standard InChI is InChI=1S/C22H17FN4O3S2/c1-11-8-18(27-20(29)13-4-3-5-14(23)9-13)32-19(11)21(30)25-15-6-7-16-17(10-15)31-22(26-16)24-12(2)28/h3-10H,1-2H3,(H,25,30)(H,27,29)(H,24,26,28). The summed E-state index contributed by atoms with van der Waals surface area (Å²) in [5, 5.41) is 9.17. The van der Waals surface area contributed by atoms with Crippen molar-refractivity contribution in [2.24, 2.45) is 0 Å². The quantitative estimate of drug-likeness (QED) is 0.372. The van der Waals surface area contributed by atoms with Crippen molar-refractivity contribution >= 4 is 66.4 Å². The van der Waals surface area contributed by atoms with Crippen LogP contribution in [0.15, 0.2) is 48.5 Å². The molecule has 3 amide bonds. The number of fused-ring (bicyclic) bond motifs is 1. The molecular weight excluding hydrogens is 451 g/mol. The Kier molecular flexibility index (Phi) is 5.97. The summed E-state index contributed by atoms with van der Waals surface area (Å²) in [7, 11) is 0.